The lowest BCUT2D eigenvalue weighted by Crippen LogP contribution is -2.34. The summed E-state index contributed by atoms with van der Waals surface area (Å²) in [6.07, 6.45) is 0. The fourth-order valence-electron chi connectivity index (χ4n) is 2.61. The second-order valence-electron chi connectivity index (χ2n) is 5.93. The van der Waals surface area contributed by atoms with Gasteiger partial charge in [-0.3, -0.25) is 4.79 Å². The third kappa shape index (κ3) is 4.24. The lowest BCUT2D eigenvalue weighted by Gasteiger charge is -2.26. The molecule has 0 saturated carbocycles. The molecule has 134 valence electrons. The van der Waals surface area contributed by atoms with Crippen LogP contribution in [0.4, 0.5) is 5.69 Å². The molecule has 0 aliphatic heterocycles. The summed E-state index contributed by atoms with van der Waals surface area (Å²) in [4.78, 5) is 14.5. The maximum Gasteiger partial charge on any atom is 0.229 e. The van der Waals surface area contributed by atoms with Gasteiger partial charge in [-0.1, -0.05) is 32.0 Å². The average Bonchev–Trinajstić information content (AvgIpc) is 2.65. The van der Waals surface area contributed by atoms with Crippen molar-refractivity contribution in [2.75, 3.05) is 26.2 Å². The lowest BCUT2D eigenvalue weighted by molar-refractivity contribution is -0.121. The smallest absolute Gasteiger partial charge is 0.229 e. The summed E-state index contributed by atoms with van der Waals surface area (Å²) >= 11 is 0. The van der Waals surface area contributed by atoms with Crippen LogP contribution in [0.2, 0.25) is 0 Å². The lowest BCUT2D eigenvalue weighted by atomic mass is 10.1. The molecule has 0 unspecified atom stereocenters. The molecule has 0 aliphatic carbocycles. The van der Waals surface area contributed by atoms with E-state index < -0.39 is 0 Å². The van der Waals surface area contributed by atoms with E-state index >= 15 is 0 Å². The van der Waals surface area contributed by atoms with Crippen LogP contribution in [-0.4, -0.2) is 27.2 Å². The van der Waals surface area contributed by atoms with Crippen molar-refractivity contribution in [2.45, 2.75) is 20.4 Å². The zero-order chi connectivity index (χ0) is 18.4. The zero-order valence-electron chi connectivity index (χ0n) is 15.4. The van der Waals surface area contributed by atoms with Crippen LogP contribution in [0.5, 0.6) is 17.2 Å². The topological polar surface area (TPSA) is 48.0 Å². The third-order valence-electron chi connectivity index (χ3n) is 3.96. The van der Waals surface area contributed by atoms with E-state index in [4.69, 9.17) is 14.2 Å². The van der Waals surface area contributed by atoms with Crippen molar-refractivity contribution in [3.05, 3.63) is 48.0 Å². The highest BCUT2D eigenvalue weighted by atomic mass is 16.5. The number of carbonyl (C=O) groups excluding carboxylic acids is 1. The van der Waals surface area contributed by atoms with E-state index in [2.05, 4.69) is 0 Å². The highest BCUT2D eigenvalue weighted by Gasteiger charge is 2.23. The van der Waals surface area contributed by atoms with E-state index in [-0.39, 0.29) is 11.8 Å². The molecule has 0 atom stereocenters. The maximum absolute atomic E-state index is 12.8. The number of nitrogens with zero attached hydrogens (tertiary/aromatic N) is 1. The van der Waals surface area contributed by atoms with Crippen molar-refractivity contribution < 1.29 is 19.0 Å². The van der Waals surface area contributed by atoms with Gasteiger partial charge in [0.2, 0.25) is 5.91 Å². The van der Waals surface area contributed by atoms with Crippen molar-refractivity contribution in [3.8, 4) is 17.2 Å². The maximum atomic E-state index is 12.8. The summed E-state index contributed by atoms with van der Waals surface area (Å²) in [5.41, 5.74) is 1.63. The number of carbonyl (C=O) groups is 1. The molecule has 0 aromatic heterocycles. The van der Waals surface area contributed by atoms with Crippen LogP contribution in [0, 0.1) is 5.92 Å². The summed E-state index contributed by atoms with van der Waals surface area (Å²) in [7, 11) is 4.77. The Balaban J connectivity index is 2.50. The molecule has 0 heterocycles. The molecule has 0 spiro atoms. The first-order valence-corrected chi connectivity index (χ1v) is 8.17. The fraction of sp³-hybridized carbons (Fsp3) is 0.350. The van der Waals surface area contributed by atoms with Crippen LogP contribution in [0.1, 0.15) is 19.4 Å². The van der Waals surface area contributed by atoms with Gasteiger partial charge in [-0.15, -0.1) is 0 Å². The van der Waals surface area contributed by atoms with Gasteiger partial charge in [0, 0.05) is 23.7 Å². The Morgan fingerprint density at radius 3 is 1.96 bits per heavy atom. The van der Waals surface area contributed by atoms with Crippen LogP contribution in [0.3, 0.4) is 0 Å². The zero-order valence-corrected chi connectivity index (χ0v) is 15.4. The van der Waals surface area contributed by atoms with Gasteiger partial charge < -0.3 is 19.1 Å². The molecule has 0 bridgehead atoms. The quantitative estimate of drug-likeness (QED) is 0.765. The minimum Gasteiger partial charge on any atom is -0.496 e. The number of amides is 1. The Morgan fingerprint density at radius 2 is 1.52 bits per heavy atom. The van der Waals surface area contributed by atoms with Crippen molar-refractivity contribution in [2.24, 2.45) is 5.92 Å². The summed E-state index contributed by atoms with van der Waals surface area (Å²) < 4.78 is 16.3. The predicted octanol–water partition coefficient (Wildman–Crippen LogP) is 3.90. The normalized spacial score (nSPS) is 10.5. The van der Waals surface area contributed by atoms with Crippen molar-refractivity contribution in [1.82, 2.24) is 0 Å². The first kappa shape index (κ1) is 18.6. The molecule has 0 saturated heterocycles. The van der Waals surface area contributed by atoms with Gasteiger partial charge in [0.05, 0.1) is 33.4 Å². The van der Waals surface area contributed by atoms with Crippen molar-refractivity contribution in [3.63, 3.8) is 0 Å². The van der Waals surface area contributed by atoms with Gasteiger partial charge in [0.25, 0.3) is 0 Å². The van der Waals surface area contributed by atoms with E-state index in [1.807, 2.05) is 44.2 Å². The molecule has 25 heavy (non-hydrogen) atoms. The van der Waals surface area contributed by atoms with Crippen molar-refractivity contribution >= 4 is 11.6 Å². The number of rotatable bonds is 7. The minimum atomic E-state index is -0.129. The van der Waals surface area contributed by atoms with Crippen LogP contribution in [0.25, 0.3) is 0 Å². The summed E-state index contributed by atoms with van der Waals surface area (Å²) in [5.74, 6) is 1.78. The second-order valence-corrected chi connectivity index (χ2v) is 5.93. The highest BCUT2D eigenvalue weighted by molar-refractivity contribution is 5.94. The molecule has 5 nitrogen and oxygen atoms in total. The Kier molecular flexibility index (Phi) is 6.28. The monoisotopic (exact) mass is 343 g/mol. The predicted molar refractivity (Wildman–Crippen MR) is 98.6 cm³/mol. The van der Waals surface area contributed by atoms with Crippen LogP contribution in [-0.2, 0) is 11.3 Å². The standard InChI is InChI=1S/C20H25NO4/c1-14(2)20(22)21(15-9-7-6-8-10-15)13-17-18(24-4)11-16(23-3)12-19(17)25-5/h6-12,14H,13H2,1-5H3. The number of ether oxygens (including phenoxy) is 3. The Labute approximate surface area is 149 Å². The molecular weight excluding hydrogens is 318 g/mol. The molecule has 2 rings (SSSR count). The summed E-state index contributed by atoms with van der Waals surface area (Å²) in [6, 6.07) is 13.2. The van der Waals surface area contributed by atoms with Crippen LogP contribution < -0.4 is 19.1 Å². The van der Waals surface area contributed by atoms with Crippen LogP contribution >= 0.6 is 0 Å². The molecule has 1 amide bonds. The largest absolute Gasteiger partial charge is 0.496 e. The van der Waals surface area contributed by atoms with E-state index in [0.717, 1.165) is 11.3 Å². The molecule has 0 aliphatic rings. The number of hydrogen-bond acceptors (Lipinski definition) is 4. The average molecular weight is 343 g/mol. The number of methoxy groups -OCH3 is 3. The van der Waals surface area contributed by atoms with Gasteiger partial charge in [0.15, 0.2) is 0 Å². The van der Waals surface area contributed by atoms with E-state index in [1.165, 1.54) is 0 Å². The van der Waals surface area contributed by atoms with E-state index in [1.54, 1.807) is 38.4 Å². The number of hydrogen-bond donors (Lipinski definition) is 0. The highest BCUT2D eigenvalue weighted by Crippen LogP contribution is 2.36. The first-order chi connectivity index (χ1) is 12.0. The van der Waals surface area contributed by atoms with Crippen molar-refractivity contribution in [1.29, 1.82) is 0 Å². The van der Waals surface area contributed by atoms with Gasteiger partial charge in [-0.2, -0.15) is 0 Å². The van der Waals surface area contributed by atoms with Gasteiger partial charge >= 0.3 is 0 Å². The molecular formula is C20H25NO4. The number of benzene rings is 2. The molecule has 0 fully saturated rings. The fourth-order valence-corrected chi connectivity index (χ4v) is 2.61. The molecule has 2 aromatic rings. The number of para-hydroxylation sites is 1. The van der Waals surface area contributed by atoms with Gasteiger partial charge in [0.1, 0.15) is 17.2 Å². The third-order valence-corrected chi connectivity index (χ3v) is 3.96. The van der Waals surface area contributed by atoms with Crippen LogP contribution in [0.15, 0.2) is 42.5 Å². The first-order valence-electron chi connectivity index (χ1n) is 8.17. The minimum absolute atomic E-state index is 0.0334. The summed E-state index contributed by atoms with van der Waals surface area (Å²) in [5, 5.41) is 0. The molecule has 2 aromatic carbocycles. The van der Waals surface area contributed by atoms with Gasteiger partial charge in [-0.25, -0.2) is 0 Å². The second kappa shape index (κ2) is 8.42. The summed E-state index contributed by atoms with van der Waals surface area (Å²) in [6.45, 7) is 4.12. The number of anilines is 1. The van der Waals surface area contributed by atoms with Gasteiger partial charge in [-0.05, 0) is 12.1 Å². The van der Waals surface area contributed by atoms with E-state index in [9.17, 15) is 4.79 Å². The Morgan fingerprint density at radius 1 is 0.960 bits per heavy atom. The molecule has 5 heteroatoms. The van der Waals surface area contributed by atoms with E-state index in [0.29, 0.717) is 23.8 Å². The Bertz CT molecular complexity index is 688. The Hall–Kier alpha value is -2.69. The molecule has 0 N–H and O–H groups in total. The SMILES string of the molecule is COc1cc(OC)c(CN(C(=O)C(C)C)c2ccccc2)c(OC)c1. The molecule has 0 radical (unpaired) electrons.